The summed E-state index contributed by atoms with van der Waals surface area (Å²) in [4.78, 5) is 28.0. The fourth-order valence-electron chi connectivity index (χ4n) is 3.16. The molecule has 4 heterocycles. The summed E-state index contributed by atoms with van der Waals surface area (Å²) in [5.74, 6) is 1.56. The number of rotatable bonds is 10. The molecule has 0 aliphatic heterocycles. The van der Waals surface area contributed by atoms with Gasteiger partial charge < -0.3 is 23.8 Å². The van der Waals surface area contributed by atoms with Crippen LogP contribution < -0.4 is 24.7 Å². The van der Waals surface area contributed by atoms with Crippen LogP contribution in [0.3, 0.4) is 0 Å². The number of phosphoric ester groups is 1. The smallest absolute Gasteiger partial charge is 0.285 e. The molecule has 182 valence electrons. The summed E-state index contributed by atoms with van der Waals surface area (Å²) in [6.07, 6.45) is 5.30. The Hall–Kier alpha value is -3.83. The van der Waals surface area contributed by atoms with Gasteiger partial charge in [0.25, 0.3) is 13.6 Å². The number of hydrogen-bond donors (Lipinski definition) is 2. The van der Waals surface area contributed by atoms with Crippen molar-refractivity contribution in [2.45, 2.75) is 19.8 Å². The minimum Gasteiger partial charge on any atom is -0.756 e. The van der Waals surface area contributed by atoms with Gasteiger partial charge in [0.1, 0.15) is 12.2 Å². The molecule has 0 aliphatic rings. The van der Waals surface area contributed by atoms with Gasteiger partial charge in [-0.2, -0.15) is 0 Å². The second kappa shape index (κ2) is 10.6. The number of aromatic nitrogens is 4. The minimum atomic E-state index is -4.88. The van der Waals surface area contributed by atoms with Crippen molar-refractivity contribution in [3.8, 4) is 23.1 Å². The molecule has 3 N–H and O–H groups in total. The van der Waals surface area contributed by atoms with Gasteiger partial charge in [-0.05, 0) is 29.3 Å². The van der Waals surface area contributed by atoms with Crippen molar-refractivity contribution in [2.24, 2.45) is 0 Å². The summed E-state index contributed by atoms with van der Waals surface area (Å²) in [5.41, 5.74) is 9.03. The molecule has 0 saturated carbocycles. The highest BCUT2D eigenvalue weighted by Gasteiger charge is 2.18. The van der Waals surface area contributed by atoms with E-state index in [9.17, 15) is 9.46 Å². The zero-order chi connectivity index (χ0) is 24.8. The first kappa shape index (κ1) is 24.3. The lowest BCUT2D eigenvalue weighted by Crippen LogP contribution is -2.38. The van der Waals surface area contributed by atoms with Gasteiger partial charge in [-0.15, -0.1) is 0 Å². The second-order valence-electron chi connectivity index (χ2n) is 7.36. The molecule has 0 spiro atoms. The predicted octanol–water partition coefficient (Wildman–Crippen LogP) is 1.61. The molecule has 1 unspecified atom stereocenters. The number of methoxy groups -OCH3 is 1. The summed E-state index contributed by atoms with van der Waals surface area (Å²) < 4.78 is 32.8. The van der Waals surface area contributed by atoms with Crippen LogP contribution in [-0.2, 0) is 28.8 Å². The zero-order valence-corrected chi connectivity index (χ0v) is 19.5. The van der Waals surface area contributed by atoms with Gasteiger partial charge >= 0.3 is 0 Å². The van der Waals surface area contributed by atoms with Crippen molar-refractivity contribution < 1.29 is 37.4 Å². The van der Waals surface area contributed by atoms with Crippen LogP contribution in [-0.4, -0.2) is 27.1 Å². The van der Waals surface area contributed by atoms with Crippen molar-refractivity contribution in [3.63, 3.8) is 0 Å². The third-order valence-electron chi connectivity index (χ3n) is 4.88. The Morgan fingerprint density at radius 3 is 2.77 bits per heavy atom. The van der Waals surface area contributed by atoms with Crippen molar-refractivity contribution in [2.75, 3.05) is 12.8 Å². The summed E-state index contributed by atoms with van der Waals surface area (Å²) in [6, 6.07) is 12.3. The third-order valence-corrected chi connectivity index (χ3v) is 5.32. The average molecular weight is 499 g/mol. The summed E-state index contributed by atoms with van der Waals surface area (Å²) >= 11 is 0. The highest BCUT2D eigenvalue weighted by molar-refractivity contribution is 7.44. The molecule has 0 bridgehead atoms. The minimum absolute atomic E-state index is 0.179. The number of nitrogens with zero attached hydrogens (tertiary/aromatic N) is 4. The largest absolute Gasteiger partial charge is 0.756 e. The van der Waals surface area contributed by atoms with E-state index < -0.39 is 14.6 Å². The van der Waals surface area contributed by atoms with Crippen molar-refractivity contribution in [1.29, 1.82) is 0 Å². The third kappa shape index (κ3) is 6.61. The lowest BCUT2D eigenvalue weighted by atomic mass is 10.1. The maximum Gasteiger partial charge on any atom is 0.285 e. The molecule has 13 heteroatoms. The van der Waals surface area contributed by atoms with E-state index >= 15 is 0 Å². The molecule has 0 fully saturated rings. The normalized spacial score (nSPS) is 12.8. The molecule has 1 atom stereocenters. The lowest BCUT2D eigenvalue weighted by Gasteiger charge is -2.14. The Kier molecular flexibility index (Phi) is 7.37. The molecule has 12 nitrogen and oxygen atoms in total. The van der Waals surface area contributed by atoms with Crippen LogP contribution in [0.4, 0.5) is 5.82 Å². The van der Waals surface area contributed by atoms with E-state index in [0.29, 0.717) is 41.8 Å². The number of phosphoric acid groups is 1. The van der Waals surface area contributed by atoms with Crippen molar-refractivity contribution in [3.05, 3.63) is 77.9 Å². The maximum absolute atomic E-state index is 10.9. The number of hydrogen-bond acceptors (Lipinski definition) is 10. The van der Waals surface area contributed by atoms with E-state index in [1.807, 2.05) is 12.1 Å². The second-order valence-corrected chi connectivity index (χ2v) is 8.56. The van der Waals surface area contributed by atoms with Crippen LogP contribution >= 0.6 is 7.82 Å². The molecule has 0 aromatic carbocycles. The molecule has 0 amide bonds. The van der Waals surface area contributed by atoms with E-state index in [1.54, 1.807) is 49.8 Å². The molecule has 4 aromatic rings. The van der Waals surface area contributed by atoms with E-state index in [0.717, 1.165) is 11.1 Å². The fraction of sp³-hybridized carbons (Fsp3) is 0.182. The first-order valence-electron chi connectivity index (χ1n) is 10.3. The molecule has 4 rings (SSSR count). The quantitative estimate of drug-likeness (QED) is 0.240. The van der Waals surface area contributed by atoms with Crippen molar-refractivity contribution >= 4 is 13.6 Å². The number of anilines is 1. The van der Waals surface area contributed by atoms with Crippen LogP contribution in [0, 0.1) is 0 Å². The van der Waals surface area contributed by atoms with Crippen LogP contribution in [0.1, 0.15) is 16.8 Å². The van der Waals surface area contributed by atoms with E-state index in [1.165, 1.54) is 10.8 Å². The van der Waals surface area contributed by atoms with Gasteiger partial charge in [-0.1, -0.05) is 11.2 Å². The predicted molar refractivity (Wildman–Crippen MR) is 120 cm³/mol. The first-order valence-corrected chi connectivity index (χ1v) is 11.8. The molecule has 35 heavy (non-hydrogen) atoms. The van der Waals surface area contributed by atoms with E-state index in [-0.39, 0.29) is 5.82 Å². The number of ether oxygens (including phenoxy) is 2. The van der Waals surface area contributed by atoms with Gasteiger partial charge in [0.2, 0.25) is 11.8 Å². The molecular formula is C22H22N5O7P. The van der Waals surface area contributed by atoms with Gasteiger partial charge in [0.15, 0.2) is 12.5 Å². The monoisotopic (exact) mass is 499 g/mol. The number of pyridine rings is 3. The van der Waals surface area contributed by atoms with Crippen LogP contribution in [0.2, 0.25) is 0 Å². The molecule has 0 saturated heterocycles. The van der Waals surface area contributed by atoms with Crippen LogP contribution in [0.15, 0.2) is 65.6 Å². The Labute approximate surface area is 200 Å². The average Bonchev–Trinajstić information content (AvgIpc) is 3.30. The summed E-state index contributed by atoms with van der Waals surface area (Å²) in [6.45, 7) is -0.154. The van der Waals surface area contributed by atoms with Crippen LogP contribution in [0.5, 0.6) is 11.8 Å². The van der Waals surface area contributed by atoms with Gasteiger partial charge in [0, 0.05) is 37.0 Å². The Morgan fingerprint density at radius 2 is 2.03 bits per heavy atom. The van der Waals surface area contributed by atoms with Crippen molar-refractivity contribution in [1.82, 2.24) is 15.1 Å². The SMILES string of the molecule is COc1cc(COc2ccc(Cc3cc(-c4ccc[n+](COP(=O)([O-])O)c4N)on3)cn2)ccn1. The maximum atomic E-state index is 10.9. The van der Waals surface area contributed by atoms with E-state index in [2.05, 4.69) is 19.6 Å². The summed E-state index contributed by atoms with van der Waals surface area (Å²) in [7, 11) is -3.33. The van der Waals surface area contributed by atoms with Gasteiger partial charge in [0.05, 0.1) is 19.0 Å². The van der Waals surface area contributed by atoms with Gasteiger partial charge in [-0.25, -0.2) is 14.5 Å². The Bertz CT molecular complexity index is 1340. The Balaban J connectivity index is 1.39. The highest BCUT2D eigenvalue weighted by Crippen LogP contribution is 2.30. The van der Waals surface area contributed by atoms with Gasteiger partial charge in [-0.3, -0.25) is 14.8 Å². The van der Waals surface area contributed by atoms with Crippen LogP contribution in [0.25, 0.3) is 11.3 Å². The topological polar surface area (TPSA) is 170 Å². The lowest BCUT2D eigenvalue weighted by molar-refractivity contribution is -0.712. The Morgan fingerprint density at radius 1 is 1.17 bits per heavy atom. The fourth-order valence-corrected chi connectivity index (χ4v) is 3.43. The van der Waals surface area contributed by atoms with E-state index in [4.69, 9.17) is 24.6 Å². The summed E-state index contributed by atoms with van der Waals surface area (Å²) in [5, 5.41) is 4.08. The zero-order valence-electron chi connectivity index (χ0n) is 18.6. The number of nitrogens with two attached hydrogens (primary N) is 1. The molecule has 4 aromatic heterocycles. The molecular weight excluding hydrogens is 477 g/mol. The first-order chi connectivity index (χ1) is 16.8. The standard InChI is InChI=1S/C22H22N5O7P/c1-31-21-10-16(6-7-24-21)13-32-20-5-4-15(12-25-20)9-17-11-19(34-26-17)18-3-2-8-27(22(18)23)14-33-35(28,29)30/h2-8,10-12,23H,9,13-14H2,1H3,(H2,28,29,30). The highest BCUT2D eigenvalue weighted by atomic mass is 31.2. The molecule has 0 aliphatic carbocycles. The molecule has 0 radical (unpaired) electrons. The number of nitrogen functional groups attached to an aromatic ring is 1.